The summed E-state index contributed by atoms with van der Waals surface area (Å²) in [6.07, 6.45) is 6.00. The largest absolute Gasteiger partial charge is 0.460 e. The second-order valence-corrected chi connectivity index (χ2v) is 22.0. The summed E-state index contributed by atoms with van der Waals surface area (Å²) in [5.74, 6) is 0.657. The van der Waals surface area contributed by atoms with Gasteiger partial charge in [-0.2, -0.15) is 0 Å². The average molecular weight is 986 g/mol. The van der Waals surface area contributed by atoms with Crippen LogP contribution in [0.5, 0.6) is 34.5 Å². The van der Waals surface area contributed by atoms with Gasteiger partial charge in [0.2, 0.25) is 0 Å². The highest BCUT2D eigenvalue weighted by molar-refractivity contribution is 7.79. The van der Waals surface area contributed by atoms with Crippen LogP contribution in [-0.4, -0.2) is 11.6 Å². The number of benzene rings is 8. The summed E-state index contributed by atoms with van der Waals surface area (Å²) < 4.78 is 84.6. The molecule has 70 heavy (non-hydrogen) atoms. The van der Waals surface area contributed by atoms with Gasteiger partial charge in [-0.1, -0.05) is 123 Å². The topological polar surface area (TPSA) is 127 Å². The highest BCUT2D eigenvalue weighted by atomic mass is 31.3. The van der Waals surface area contributed by atoms with Gasteiger partial charge in [0.25, 0.3) is 0 Å². The van der Waals surface area contributed by atoms with Crippen molar-refractivity contribution < 1.29 is 45.5 Å². The molecule has 0 saturated heterocycles. The molecule has 0 atom stereocenters. The molecule has 0 amide bonds. The Labute approximate surface area is 401 Å². The molecule has 0 radical (unpaired) electrons. The average Bonchev–Trinajstić information content (AvgIpc) is 3.58. The fraction of sp³-hybridized carbons (Fsp3) is 0. The van der Waals surface area contributed by atoms with Crippen LogP contribution in [0.25, 0.3) is 34.4 Å². The maximum atomic E-state index is 13.5. The fourth-order valence-corrected chi connectivity index (χ4v) is 16.8. The van der Waals surface area contributed by atoms with Gasteiger partial charge in [-0.05, 0) is 120 Å². The summed E-state index contributed by atoms with van der Waals surface area (Å²) in [5, 5.41) is 0. The van der Waals surface area contributed by atoms with Crippen LogP contribution in [0.15, 0.2) is 220 Å². The molecule has 344 valence electrons. The Morgan fingerprint density at radius 3 is 1.09 bits per heavy atom. The lowest BCUT2D eigenvalue weighted by atomic mass is 10.0. The Morgan fingerprint density at radius 2 is 0.729 bits per heavy atom. The highest BCUT2D eigenvalue weighted by Crippen LogP contribution is 2.80. The molecule has 0 unspecified atom stereocenters. The van der Waals surface area contributed by atoms with Crippen LogP contribution in [0, 0.1) is 11.6 Å². The van der Waals surface area contributed by atoms with Crippen molar-refractivity contribution >= 4 is 46.7 Å². The molecule has 8 aromatic rings. The van der Waals surface area contributed by atoms with Gasteiger partial charge in [0.05, 0.1) is 0 Å². The van der Waals surface area contributed by atoms with Crippen molar-refractivity contribution in [2.24, 2.45) is 13.5 Å². The number of hydrogen-bond donors (Lipinski definition) is 0. The first-order valence-electron chi connectivity index (χ1n) is 21.7. The molecule has 3 heterocycles. The lowest BCUT2D eigenvalue weighted by Crippen LogP contribution is -2.10. The van der Waals surface area contributed by atoms with Crippen molar-refractivity contribution in [2.45, 2.75) is 0 Å². The second kappa shape index (κ2) is 18.4. The Hall–Kier alpha value is -8.07. The normalized spacial score (nSPS) is 15.3. The van der Waals surface area contributed by atoms with E-state index < -0.39 is 23.0 Å². The number of carbonyl (C=O) groups excluding carboxylic acids is 2. The summed E-state index contributed by atoms with van der Waals surface area (Å²) in [6, 6.07) is 54.0. The molecule has 2 spiro atoms. The molecule has 0 N–H and O–H groups in total. The monoisotopic (exact) mass is 985 g/mol. The first-order chi connectivity index (χ1) is 34.1. The van der Waals surface area contributed by atoms with Gasteiger partial charge in [-0.25, -0.2) is 8.78 Å². The van der Waals surface area contributed by atoms with Crippen molar-refractivity contribution in [2.75, 3.05) is 0 Å². The van der Waals surface area contributed by atoms with Crippen LogP contribution in [0.3, 0.4) is 0 Å². The Bertz CT molecular complexity index is 3280. The first kappa shape index (κ1) is 44.4. The third kappa shape index (κ3) is 9.26. The predicted molar refractivity (Wildman–Crippen MR) is 268 cm³/mol. The molecular weight excluding hydrogens is 950 g/mol. The molecule has 0 aromatic heterocycles. The third-order valence-corrected chi connectivity index (χ3v) is 19.1. The van der Waals surface area contributed by atoms with Crippen LogP contribution in [0.4, 0.5) is 8.78 Å². The quantitative estimate of drug-likeness (QED) is 0.0753. The third-order valence-electron chi connectivity index (χ3n) is 11.0. The van der Waals surface area contributed by atoms with E-state index >= 15 is 0 Å². The number of para-hydroxylation sites is 4. The van der Waals surface area contributed by atoms with E-state index in [1.165, 1.54) is 36.4 Å². The van der Waals surface area contributed by atoms with E-state index in [-0.39, 0.29) is 34.7 Å². The summed E-state index contributed by atoms with van der Waals surface area (Å²) in [7, 11) is -12.5. The minimum Gasteiger partial charge on any atom is -0.413 e. The van der Waals surface area contributed by atoms with Crippen LogP contribution in [-0.2, 0) is 0 Å². The van der Waals surface area contributed by atoms with E-state index in [1.807, 2.05) is 72.8 Å². The van der Waals surface area contributed by atoms with E-state index in [9.17, 15) is 18.4 Å². The minimum absolute atomic E-state index is 0.196. The number of allylic oxidation sites excluding steroid dienone is 2. The van der Waals surface area contributed by atoms with E-state index in [0.29, 0.717) is 45.3 Å². The van der Waals surface area contributed by atoms with Crippen molar-refractivity contribution in [1.29, 1.82) is 0 Å². The molecule has 11 nitrogen and oxygen atoms in total. The zero-order valence-corrected chi connectivity index (χ0v) is 39.2. The number of fused-ring (bicyclic) bond motifs is 6. The van der Waals surface area contributed by atoms with E-state index in [0.717, 1.165) is 22.3 Å². The Kier molecular flexibility index (Phi) is 11.7. The van der Waals surface area contributed by atoms with Gasteiger partial charge in [0, 0.05) is 33.4 Å². The number of halogens is 2. The van der Waals surface area contributed by atoms with E-state index in [1.54, 1.807) is 109 Å². The molecule has 11 rings (SSSR count). The molecule has 0 fully saturated rings. The summed E-state index contributed by atoms with van der Waals surface area (Å²) >= 11 is 0. The van der Waals surface area contributed by atoms with Gasteiger partial charge in [0.15, 0.2) is 11.6 Å². The zero-order valence-electron chi connectivity index (χ0n) is 36.5. The summed E-state index contributed by atoms with van der Waals surface area (Å²) in [4.78, 5) is 26.8. The van der Waals surface area contributed by atoms with Gasteiger partial charge >= 0.3 is 23.0 Å². The number of hydrogen-bond acceptors (Lipinski definition) is 11. The van der Waals surface area contributed by atoms with Crippen LogP contribution in [0.1, 0.15) is 31.8 Å². The number of nitrogens with zero attached hydrogens (tertiary/aromatic N) is 3. The molecule has 8 aromatic carbocycles. The smallest absolute Gasteiger partial charge is 0.413 e. The molecule has 3 aliphatic rings. The van der Waals surface area contributed by atoms with Crippen molar-refractivity contribution in [3.05, 3.63) is 240 Å². The highest BCUT2D eigenvalue weighted by Gasteiger charge is 2.50. The van der Waals surface area contributed by atoms with Gasteiger partial charge in [-0.15, -0.1) is 0 Å². The number of rotatable bonds is 10. The first-order valence-corrected chi connectivity index (χ1v) is 26.3. The molecule has 16 heteroatoms. The zero-order chi connectivity index (χ0) is 47.7. The van der Waals surface area contributed by atoms with E-state index in [2.05, 4.69) is 0 Å². The number of carbonyl (C=O) groups is 2. The molecule has 0 aliphatic carbocycles. The second-order valence-electron chi connectivity index (χ2n) is 15.8. The van der Waals surface area contributed by atoms with Crippen molar-refractivity contribution in [3.8, 4) is 56.8 Å². The maximum Gasteiger partial charge on any atom is 0.460 e. The lowest BCUT2D eigenvalue weighted by molar-refractivity contribution is 0.103. The SMILES string of the molecule is O=C(/C=C/c1ccc(F)cc1)c1ccc(OP2(Oc3ccc(C(=O)/C=C/c4ccc(F)cc4)cc3)=NP3(=NP4(=N2)Oc2ccccc2-c2ccccc2O4)Oc2ccccc2-c2ccccc2O3)cc1. The van der Waals surface area contributed by atoms with E-state index in [4.69, 9.17) is 40.7 Å². The van der Waals surface area contributed by atoms with Crippen molar-refractivity contribution in [1.82, 2.24) is 0 Å². The fourth-order valence-electron chi connectivity index (χ4n) is 7.66. The lowest BCUT2D eigenvalue weighted by Gasteiger charge is -2.32. The molecule has 0 saturated carbocycles. The minimum atomic E-state index is -4.28. The van der Waals surface area contributed by atoms with Crippen LogP contribution >= 0.6 is 23.0 Å². The summed E-state index contributed by atoms with van der Waals surface area (Å²) in [6.45, 7) is 0. The Balaban J connectivity index is 1.07. The maximum absolute atomic E-state index is 13.5. The molecule has 0 bridgehead atoms. The molecular formula is C54H36F2N3O8P3. The van der Waals surface area contributed by atoms with Crippen molar-refractivity contribution in [3.63, 3.8) is 0 Å². The van der Waals surface area contributed by atoms with Crippen LogP contribution < -0.4 is 27.1 Å². The van der Waals surface area contributed by atoms with Gasteiger partial charge < -0.3 is 27.1 Å². The predicted octanol–water partition coefficient (Wildman–Crippen LogP) is 16.3. The van der Waals surface area contributed by atoms with Gasteiger partial charge in [-0.3, -0.25) is 9.59 Å². The van der Waals surface area contributed by atoms with Gasteiger partial charge in [0.1, 0.15) is 46.1 Å². The number of ketones is 2. The van der Waals surface area contributed by atoms with Crippen LogP contribution in [0.2, 0.25) is 0 Å². The molecule has 3 aliphatic heterocycles. The Morgan fingerprint density at radius 1 is 0.400 bits per heavy atom. The standard InChI is InChI=1S/C54H36F2N3O8P3/c55-41-27-17-37(18-28-41)21-35-49(60)39-23-31-43(32-24-39)62-68(63-44-33-25-40(26-34-44)50(61)36-22-38-19-29-42(56)30-20-38)57-69(64-51-13-5-1-9-45(51)46-10-2-6-14-52(46)65-69)59-70(58-68)66-53-15-7-3-11-47(53)48-12-4-8-16-54(48)67-70/h1-36H/b35-21+,36-22+. The summed E-state index contributed by atoms with van der Waals surface area (Å²) in [5.41, 5.74) is 4.87.